The van der Waals surface area contributed by atoms with Gasteiger partial charge in [0.05, 0.1) is 24.3 Å². The summed E-state index contributed by atoms with van der Waals surface area (Å²) >= 11 is 0. The molecule has 0 fully saturated rings. The van der Waals surface area contributed by atoms with E-state index < -0.39 is 29.3 Å². The summed E-state index contributed by atoms with van der Waals surface area (Å²) in [6.07, 6.45) is -3.85. The maximum Gasteiger partial charge on any atom is 0.417 e. The van der Waals surface area contributed by atoms with Gasteiger partial charge in [-0.05, 0) is 36.1 Å². The fraction of sp³-hybridized carbons (Fsp3) is 0.381. The van der Waals surface area contributed by atoms with Gasteiger partial charge in [0.25, 0.3) is 5.91 Å². The molecule has 2 aromatic rings. The van der Waals surface area contributed by atoms with Crippen LogP contribution in [-0.4, -0.2) is 24.1 Å². The monoisotopic (exact) mass is 421 g/mol. The maximum atomic E-state index is 13.2. The molecule has 1 aromatic heterocycles. The molecule has 0 saturated carbocycles. The first kappa shape index (κ1) is 23.0. The van der Waals surface area contributed by atoms with Crippen LogP contribution in [0.1, 0.15) is 37.0 Å². The number of carbonyl (C=O) groups excluding carboxylic acids is 1. The molecule has 1 amide bonds. The van der Waals surface area contributed by atoms with E-state index >= 15 is 0 Å². The van der Waals surface area contributed by atoms with E-state index in [-0.39, 0.29) is 18.2 Å². The van der Waals surface area contributed by atoms with E-state index in [1.54, 1.807) is 18.3 Å². The SMILES string of the molecule is COc1ccc(CNC(=O)C(CC(C)C)Oc2ccc(C#N)c(C(F)(F)F)c2)cn1. The number of aromatic nitrogens is 1. The van der Waals surface area contributed by atoms with Crippen molar-refractivity contribution in [2.24, 2.45) is 5.92 Å². The number of nitrogens with one attached hydrogen (secondary N) is 1. The number of hydrogen-bond donors (Lipinski definition) is 1. The summed E-state index contributed by atoms with van der Waals surface area (Å²) in [6.45, 7) is 3.92. The highest BCUT2D eigenvalue weighted by Gasteiger charge is 2.34. The second kappa shape index (κ2) is 9.96. The first-order chi connectivity index (χ1) is 14.1. The highest BCUT2D eigenvalue weighted by atomic mass is 19.4. The topological polar surface area (TPSA) is 84.2 Å². The van der Waals surface area contributed by atoms with Gasteiger partial charge in [-0.2, -0.15) is 18.4 Å². The highest BCUT2D eigenvalue weighted by Crippen LogP contribution is 2.34. The molecule has 1 aromatic carbocycles. The minimum atomic E-state index is -4.71. The van der Waals surface area contributed by atoms with Crippen LogP contribution < -0.4 is 14.8 Å². The van der Waals surface area contributed by atoms with Crippen molar-refractivity contribution in [2.45, 2.75) is 39.1 Å². The maximum absolute atomic E-state index is 13.2. The third-order valence-electron chi connectivity index (χ3n) is 4.15. The largest absolute Gasteiger partial charge is 0.481 e. The molecule has 0 radical (unpaired) electrons. The second-order valence-corrected chi connectivity index (χ2v) is 6.98. The summed E-state index contributed by atoms with van der Waals surface area (Å²) < 4.78 is 50.1. The molecule has 0 aliphatic heterocycles. The van der Waals surface area contributed by atoms with Crippen LogP contribution in [0.25, 0.3) is 0 Å². The van der Waals surface area contributed by atoms with Gasteiger partial charge < -0.3 is 14.8 Å². The summed E-state index contributed by atoms with van der Waals surface area (Å²) in [5.74, 6) is -0.0954. The molecule has 0 bridgehead atoms. The average molecular weight is 421 g/mol. The van der Waals surface area contributed by atoms with Gasteiger partial charge in [-0.1, -0.05) is 19.9 Å². The number of ether oxygens (including phenoxy) is 2. The number of alkyl halides is 3. The third kappa shape index (κ3) is 6.37. The van der Waals surface area contributed by atoms with Gasteiger partial charge in [0.2, 0.25) is 5.88 Å². The molecule has 0 saturated heterocycles. The molecule has 1 heterocycles. The molecule has 9 heteroatoms. The first-order valence-electron chi connectivity index (χ1n) is 9.18. The molecule has 1 atom stereocenters. The number of amides is 1. The Morgan fingerprint density at radius 3 is 2.53 bits per heavy atom. The van der Waals surface area contributed by atoms with Crippen molar-refractivity contribution in [1.82, 2.24) is 10.3 Å². The van der Waals surface area contributed by atoms with Gasteiger partial charge in [0, 0.05) is 18.8 Å². The van der Waals surface area contributed by atoms with Crippen molar-refractivity contribution in [3.63, 3.8) is 0 Å². The third-order valence-corrected chi connectivity index (χ3v) is 4.15. The van der Waals surface area contributed by atoms with Crippen LogP contribution in [0, 0.1) is 17.2 Å². The predicted octanol–water partition coefficient (Wildman–Crippen LogP) is 4.09. The minimum absolute atomic E-state index is 0.0591. The van der Waals surface area contributed by atoms with Gasteiger partial charge in [-0.25, -0.2) is 4.98 Å². The molecule has 30 heavy (non-hydrogen) atoms. The molecule has 0 spiro atoms. The molecule has 6 nitrogen and oxygen atoms in total. The standard InChI is InChI=1S/C21H22F3N3O3/c1-13(2)8-18(20(28)27-12-14-4-7-19(29-3)26-11-14)30-16-6-5-15(10-25)17(9-16)21(22,23)24/h4-7,9,11,13,18H,8,12H2,1-3H3,(H,27,28). The van der Waals surface area contributed by atoms with Gasteiger partial charge in [0.1, 0.15) is 5.75 Å². The van der Waals surface area contributed by atoms with Crippen LogP contribution in [0.5, 0.6) is 11.6 Å². The van der Waals surface area contributed by atoms with Gasteiger partial charge in [0.15, 0.2) is 6.10 Å². The van der Waals surface area contributed by atoms with E-state index in [1.807, 2.05) is 13.8 Å². The van der Waals surface area contributed by atoms with Crippen LogP contribution in [0.4, 0.5) is 13.2 Å². The van der Waals surface area contributed by atoms with E-state index in [1.165, 1.54) is 19.2 Å². The number of halogens is 3. The van der Waals surface area contributed by atoms with Crippen molar-refractivity contribution in [3.8, 4) is 17.7 Å². The summed E-state index contributed by atoms with van der Waals surface area (Å²) in [7, 11) is 1.49. The molecule has 0 aliphatic rings. The number of methoxy groups -OCH3 is 1. The Labute approximate surface area is 172 Å². The fourth-order valence-electron chi connectivity index (χ4n) is 2.67. The van der Waals surface area contributed by atoms with E-state index in [0.29, 0.717) is 12.3 Å². The first-order valence-corrected chi connectivity index (χ1v) is 9.18. The van der Waals surface area contributed by atoms with Crippen molar-refractivity contribution in [3.05, 3.63) is 53.2 Å². The fourth-order valence-corrected chi connectivity index (χ4v) is 2.67. The van der Waals surface area contributed by atoms with Crippen LogP contribution in [0.15, 0.2) is 36.5 Å². The number of pyridine rings is 1. The van der Waals surface area contributed by atoms with Crippen molar-refractivity contribution < 1.29 is 27.4 Å². The lowest BCUT2D eigenvalue weighted by Gasteiger charge is -2.21. The minimum Gasteiger partial charge on any atom is -0.481 e. The number of rotatable bonds is 8. The van der Waals surface area contributed by atoms with Gasteiger partial charge in [-0.3, -0.25) is 4.79 Å². The Bertz CT molecular complexity index is 906. The molecule has 1 N–H and O–H groups in total. The zero-order valence-corrected chi connectivity index (χ0v) is 16.8. The lowest BCUT2D eigenvalue weighted by Crippen LogP contribution is -2.39. The van der Waals surface area contributed by atoms with E-state index in [2.05, 4.69) is 10.3 Å². The van der Waals surface area contributed by atoms with Crippen LogP contribution in [-0.2, 0) is 17.5 Å². The molecular weight excluding hydrogens is 399 g/mol. The second-order valence-electron chi connectivity index (χ2n) is 6.98. The normalized spacial score (nSPS) is 12.2. The molecule has 2 rings (SSSR count). The number of nitrogens with zero attached hydrogens (tertiary/aromatic N) is 2. The lowest BCUT2D eigenvalue weighted by molar-refractivity contribution is -0.137. The number of benzene rings is 1. The molecule has 0 aliphatic carbocycles. The van der Waals surface area contributed by atoms with E-state index in [0.717, 1.165) is 17.7 Å². The Hall–Kier alpha value is -3.28. The van der Waals surface area contributed by atoms with Crippen molar-refractivity contribution in [1.29, 1.82) is 5.26 Å². The summed E-state index contributed by atoms with van der Waals surface area (Å²) in [6, 6.07) is 7.93. The van der Waals surface area contributed by atoms with Crippen molar-refractivity contribution >= 4 is 5.91 Å². The highest BCUT2D eigenvalue weighted by molar-refractivity contribution is 5.81. The Morgan fingerprint density at radius 1 is 1.27 bits per heavy atom. The molecular formula is C21H22F3N3O3. The van der Waals surface area contributed by atoms with E-state index in [4.69, 9.17) is 14.7 Å². The number of carbonyl (C=O) groups is 1. The summed E-state index contributed by atoms with van der Waals surface area (Å²) in [4.78, 5) is 16.7. The Morgan fingerprint density at radius 2 is 2.00 bits per heavy atom. The molecule has 1 unspecified atom stereocenters. The summed E-state index contributed by atoms with van der Waals surface area (Å²) in [5, 5.41) is 11.6. The average Bonchev–Trinajstić information content (AvgIpc) is 2.70. The van der Waals surface area contributed by atoms with Gasteiger partial charge >= 0.3 is 6.18 Å². The Balaban J connectivity index is 2.15. The number of nitriles is 1. The predicted molar refractivity (Wildman–Crippen MR) is 103 cm³/mol. The van der Waals surface area contributed by atoms with Crippen LogP contribution in [0.3, 0.4) is 0 Å². The van der Waals surface area contributed by atoms with Gasteiger partial charge in [-0.15, -0.1) is 0 Å². The zero-order valence-electron chi connectivity index (χ0n) is 16.8. The van der Waals surface area contributed by atoms with Crippen LogP contribution >= 0.6 is 0 Å². The Kier molecular flexibility index (Phi) is 7.64. The smallest absolute Gasteiger partial charge is 0.417 e. The van der Waals surface area contributed by atoms with Crippen LogP contribution in [0.2, 0.25) is 0 Å². The summed E-state index contributed by atoms with van der Waals surface area (Å²) in [5.41, 5.74) is -0.882. The quantitative estimate of drug-likeness (QED) is 0.694. The number of hydrogen-bond acceptors (Lipinski definition) is 5. The zero-order chi connectivity index (χ0) is 22.3. The van der Waals surface area contributed by atoms with Crippen molar-refractivity contribution in [2.75, 3.05) is 7.11 Å². The molecule has 160 valence electrons. The lowest BCUT2D eigenvalue weighted by atomic mass is 10.0. The van der Waals surface area contributed by atoms with E-state index in [9.17, 15) is 18.0 Å².